The second kappa shape index (κ2) is 14.7. The van der Waals surface area contributed by atoms with Crippen LogP contribution in [0.25, 0.3) is 0 Å². The number of hydrogen-bond donors (Lipinski definition) is 1. The quantitative estimate of drug-likeness (QED) is 0.168. The van der Waals surface area contributed by atoms with E-state index in [0.717, 1.165) is 41.8 Å². The number of carbonyl (C=O) groups is 2. The van der Waals surface area contributed by atoms with E-state index in [1.165, 1.54) is 0 Å². The van der Waals surface area contributed by atoms with Crippen LogP contribution in [0.4, 0.5) is 4.79 Å². The molecule has 2 aromatic heterocycles. The lowest BCUT2D eigenvalue weighted by Crippen LogP contribution is -2.50. The molecule has 1 aliphatic rings. The molecule has 1 saturated heterocycles. The van der Waals surface area contributed by atoms with Crippen molar-refractivity contribution >= 4 is 31.9 Å². The van der Waals surface area contributed by atoms with Crippen LogP contribution in [-0.4, -0.2) is 70.0 Å². The number of carbonyl (C=O) groups excluding carboxylic acids is 2. The van der Waals surface area contributed by atoms with Gasteiger partial charge in [-0.05, 0) is 101 Å². The first kappa shape index (κ1) is 37.6. The zero-order valence-corrected chi connectivity index (χ0v) is 32.3. The molecular weight excluding hydrogens is 642 g/mol. The van der Waals surface area contributed by atoms with Crippen molar-refractivity contribution in [1.29, 1.82) is 0 Å². The maximum Gasteiger partial charge on any atom is 0.410 e. The molecule has 3 aromatic rings. The van der Waals surface area contributed by atoms with E-state index in [-0.39, 0.29) is 35.2 Å². The van der Waals surface area contributed by atoms with Crippen molar-refractivity contribution in [3.05, 3.63) is 81.9 Å². The summed E-state index contributed by atoms with van der Waals surface area (Å²) in [5.41, 5.74) is 3.70. The average Bonchev–Trinajstić information content (AvgIpc) is 3.61. The summed E-state index contributed by atoms with van der Waals surface area (Å²) in [5, 5.41) is 7.68. The predicted molar refractivity (Wildman–Crippen MR) is 194 cm³/mol. The zero-order chi connectivity index (χ0) is 35.6. The highest BCUT2D eigenvalue weighted by Gasteiger charge is 2.48. The molecule has 1 unspecified atom stereocenters. The molecule has 1 fully saturated rings. The highest BCUT2D eigenvalue weighted by atomic mass is 35.5. The van der Waals surface area contributed by atoms with E-state index in [0.29, 0.717) is 17.1 Å². The molecule has 11 heteroatoms. The van der Waals surface area contributed by atoms with Crippen molar-refractivity contribution in [2.45, 2.75) is 129 Å². The maximum atomic E-state index is 14.0. The van der Waals surface area contributed by atoms with Gasteiger partial charge in [-0.2, -0.15) is 5.10 Å². The number of ether oxygens (including phenoxy) is 1. The van der Waals surface area contributed by atoms with Crippen LogP contribution in [0.5, 0.6) is 0 Å². The average molecular weight is 696 g/mol. The summed E-state index contributed by atoms with van der Waals surface area (Å²) in [6.45, 7) is 20.8. The number of halogens is 1. The van der Waals surface area contributed by atoms with Crippen molar-refractivity contribution in [3.8, 4) is 0 Å². The molecule has 3 heterocycles. The molecule has 0 saturated carbocycles. The molecule has 4 atom stereocenters. The number of nitrogens with one attached hydrogen (secondary N) is 1. The lowest BCUT2D eigenvalue weighted by Gasteiger charge is -2.43. The lowest BCUT2D eigenvalue weighted by atomic mass is 10.0. The Labute approximate surface area is 292 Å². The highest BCUT2D eigenvalue weighted by Crippen LogP contribution is 2.44. The standard InChI is InChI=1S/C37H54ClN5O4Si/c1-12-30(29-21-24(2)40-41-29)42(9)34(44)26-15-13-25(14-16-26)22-28-18-19-31(43(28)35(45)46-36(3,4)5)33(27-17-20-32(38)39-23-27)47-48(10,11)37(6,7)8/h13-17,20-21,23,28,30-31,33H,12,18-19,22H2,1-11H3,(H,40,41)/t28-,30?,31+,33+/m0/s1. The van der Waals surface area contributed by atoms with Crippen molar-refractivity contribution in [3.63, 3.8) is 0 Å². The SMILES string of the molecule is CCC(c1cc(C)n[nH]1)N(C)C(=O)c1ccc(C[C@@H]2CC[C@H]([C@H](O[Si](C)(C)C(C)(C)C)c3ccc(Cl)nc3)N2C(=O)OC(C)(C)C)cc1. The smallest absolute Gasteiger partial charge is 0.410 e. The maximum absolute atomic E-state index is 14.0. The summed E-state index contributed by atoms with van der Waals surface area (Å²) in [6.07, 6.45) is 3.94. The van der Waals surface area contributed by atoms with Gasteiger partial charge in [0.15, 0.2) is 8.32 Å². The van der Waals surface area contributed by atoms with Gasteiger partial charge in [0.1, 0.15) is 10.8 Å². The van der Waals surface area contributed by atoms with E-state index >= 15 is 0 Å². The second-order valence-electron chi connectivity index (χ2n) is 15.6. The van der Waals surface area contributed by atoms with Gasteiger partial charge in [0.05, 0.1) is 29.6 Å². The van der Waals surface area contributed by atoms with Crippen LogP contribution in [0.15, 0.2) is 48.7 Å². The molecule has 0 spiro atoms. The van der Waals surface area contributed by atoms with Gasteiger partial charge in [0.2, 0.25) is 0 Å². The number of H-pyrrole nitrogens is 1. The highest BCUT2D eigenvalue weighted by molar-refractivity contribution is 6.74. The number of aromatic nitrogens is 3. The molecule has 1 aromatic carbocycles. The third kappa shape index (κ3) is 8.87. The molecule has 9 nitrogen and oxygen atoms in total. The van der Waals surface area contributed by atoms with Gasteiger partial charge in [-0.15, -0.1) is 0 Å². The minimum atomic E-state index is -2.28. The number of amides is 2. The predicted octanol–water partition coefficient (Wildman–Crippen LogP) is 9.06. The molecular formula is C37H54ClN5O4Si. The van der Waals surface area contributed by atoms with Crippen LogP contribution in [0.3, 0.4) is 0 Å². The van der Waals surface area contributed by atoms with Gasteiger partial charge in [0.25, 0.3) is 5.91 Å². The zero-order valence-electron chi connectivity index (χ0n) is 30.6. The first-order valence-electron chi connectivity index (χ1n) is 17.0. The number of likely N-dealkylation sites (tertiary alicyclic amines) is 1. The number of nitrogens with zero attached hydrogens (tertiary/aromatic N) is 4. The normalized spacial score (nSPS) is 18.5. The Morgan fingerprint density at radius 2 is 1.75 bits per heavy atom. The Bertz CT molecular complexity index is 1550. The van der Waals surface area contributed by atoms with E-state index in [9.17, 15) is 9.59 Å². The Kier molecular flexibility index (Phi) is 11.5. The van der Waals surface area contributed by atoms with Gasteiger partial charge in [-0.25, -0.2) is 9.78 Å². The molecule has 0 radical (unpaired) electrons. The number of rotatable bonds is 10. The Balaban J connectivity index is 1.61. The summed E-state index contributed by atoms with van der Waals surface area (Å²) in [4.78, 5) is 35.6. The summed E-state index contributed by atoms with van der Waals surface area (Å²) >= 11 is 6.19. The van der Waals surface area contributed by atoms with E-state index in [4.69, 9.17) is 20.8 Å². The Morgan fingerprint density at radius 3 is 2.27 bits per heavy atom. The molecule has 0 bridgehead atoms. The summed E-state index contributed by atoms with van der Waals surface area (Å²) in [6, 6.07) is 13.0. The largest absolute Gasteiger partial charge is 0.444 e. The van der Waals surface area contributed by atoms with E-state index in [1.54, 1.807) is 17.2 Å². The third-order valence-electron chi connectivity index (χ3n) is 9.74. The molecule has 1 aliphatic heterocycles. The van der Waals surface area contributed by atoms with Gasteiger partial charge < -0.3 is 14.1 Å². The van der Waals surface area contributed by atoms with Crippen LogP contribution in [0.2, 0.25) is 23.3 Å². The van der Waals surface area contributed by atoms with Crippen molar-refractivity contribution in [2.75, 3.05) is 7.05 Å². The molecule has 2 amide bonds. The summed E-state index contributed by atoms with van der Waals surface area (Å²) in [5.74, 6) is -0.0563. The van der Waals surface area contributed by atoms with Crippen molar-refractivity contribution in [1.82, 2.24) is 25.0 Å². The number of pyridine rings is 1. The van der Waals surface area contributed by atoms with Crippen molar-refractivity contribution < 1.29 is 18.8 Å². The Hall–Kier alpha value is -3.21. The third-order valence-corrected chi connectivity index (χ3v) is 14.4. The van der Waals surface area contributed by atoms with Gasteiger partial charge in [0, 0.05) is 30.4 Å². The second-order valence-corrected chi connectivity index (χ2v) is 20.7. The van der Waals surface area contributed by atoms with Gasteiger partial charge in [-0.1, -0.05) is 57.5 Å². The number of aromatic amines is 1. The minimum absolute atomic E-state index is 0.0401. The van der Waals surface area contributed by atoms with Crippen LogP contribution in [-0.2, 0) is 15.6 Å². The van der Waals surface area contributed by atoms with Crippen LogP contribution >= 0.6 is 11.6 Å². The van der Waals surface area contributed by atoms with E-state index in [1.807, 2.05) is 76.0 Å². The van der Waals surface area contributed by atoms with Gasteiger partial charge >= 0.3 is 6.09 Å². The summed E-state index contributed by atoms with van der Waals surface area (Å²) in [7, 11) is -0.448. The lowest BCUT2D eigenvalue weighted by molar-refractivity contribution is -0.00244. The fourth-order valence-corrected chi connectivity index (χ4v) is 7.54. The fraction of sp³-hybridized carbons (Fsp3) is 0.568. The molecule has 0 aliphatic carbocycles. The fourth-order valence-electron chi connectivity index (χ4n) is 6.14. The van der Waals surface area contributed by atoms with Crippen LogP contribution < -0.4 is 0 Å². The first-order chi connectivity index (χ1) is 22.3. The van der Waals surface area contributed by atoms with Gasteiger partial charge in [-0.3, -0.25) is 14.8 Å². The first-order valence-corrected chi connectivity index (χ1v) is 20.3. The number of aryl methyl sites for hydroxylation is 1. The van der Waals surface area contributed by atoms with Crippen LogP contribution in [0.1, 0.15) is 113 Å². The Morgan fingerprint density at radius 1 is 1.08 bits per heavy atom. The molecule has 262 valence electrons. The molecule has 1 N–H and O–H groups in total. The van der Waals surface area contributed by atoms with Crippen molar-refractivity contribution in [2.24, 2.45) is 0 Å². The molecule has 48 heavy (non-hydrogen) atoms. The molecule has 4 rings (SSSR count). The number of benzene rings is 1. The minimum Gasteiger partial charge on any atom is -0.444 e. The topological polar surface area (TPSA) is 101 Å². The van der Waals surface area contributed by atoms with E-state index in [2.05, 4.69) is 56.0 Å². The van der Waals surface area contributed by atoms with Crippen LogP contribution in [0, 0.1) is 6.92 Å². The monoisotopic (exact) mass is 695 g/mol. The van der Waals surface area contributed by atoms with E-state index < -0.39 is 20.0 Å². The summed E-state index contributed by atoms with van der Waals surface area (Å²) < 4.78 is 13.1. The number of hydrogen-bond acceptors (Lipinski definition) is 6.